The molecule has 170 valence electrons. The van der Waals surface area contributed by atoms with Gasteiger partial charge in [-0.15, -0.1) is 0 Å². The van der Waals surface area contributed by atoms with Gasteiger partial charge in [0.15, 0.2) is 0 Å². The summed E-state index contributed by atoms with van der Waals surface area (Å²) in [6, 6.07) is 12.2. The van der Waals surface area contributed by atoms with Crippen LogP contribution in [0.2, 0.25) is 0 Å². The molecule has 7 heteroatoms. The van der Waals surface area contributed by atoms with E-state index in [-0.39, 0.29) is 17.4 Å². The van der Waals surface area contributed by atoms with Gasteiger partial charge in [-0.3, -0.25) is 9.69 Å². The average Bonchev–Trinajstić information content (AvgIpc) is 2.81. The van der Waals surface area contributed by atoms with Crippen molar-refractivity contribution in [2.45, 2.75) is 13.8 Å². The fourth-order valence-electron chi connectivity index (χ4n) is 3.67. The molecule has 0 unspecified atom stereocenters. The van der Waals surface area contributed by atoms with Gasteiger partial charge >= 0.3 is 0 Å². The molecule has 1 aliphatic rings. The Balaban J connectivity index is 1.65. The molecule has 7 nitrogen and oxygen atoms in total. The summed E-state index contributed by atoms with van der Waals surface area (Å²) in [7, 11) is 0. The third kappa shape index (κ3) is 5.96. The lowest BCUT2D eigenvalue weighted by molar-refractivity contribution is 0.0565. The third-order valence-electron chi connectivity index (χ3n) is 5.67. The molecule has 1 heterocycles. The van der Waals surface area contributed by atoms with Crippen molar-refractivity contribution < 1.29 is 14.6 Å². The van der Waals surface area contributed by atoms with Crippen LogP contribution in [-0.4, -0.2) is 72.5 Å². The van der Waals surface area contributed by atoms with Gasteiger partial charge in [-0.25, -0.2) is 0 Å². The lowest BCUT2D eigenvalue weighted by Gasteiger charge is -2.34. The average molecular weight is 437 g/mol. The van der Waals surface area contributed by atoms with Crippen LogP contribution in [0.3, 0.4) is 0 Å². The topological polar surface area (TPSA) is 103 Å². The van der Waals surface area contributed by atoms with Crippen LogP contribution in [0.25, 0.3) is 5.70 Å². The molecule has 1 fully saturated rings. The minimum Gasteiger partial charge on any atom is -0.508 e. The number of aryl methyl sites for hydroxylation is 1. The Morgan fingerprint density at radius 2 is 1.84 bits per heavy atom. The van der Waals surface area contributed by atoms with Crippen LogP contribution in [0.5, 0.6) is 5.75 Å². The number of phenolic OH excluding ortho intramolecular Hbond substituents is 1. The van der Waals surface area contributed by atoms with Crippen LogP contribution in [0.4, 0.5) is 0 Å². The van der Waals surface area contributed by atoms with Crippen molar-refractivity contribution in [2.75, 3.05) is 45.9 Å². The van der Waals surface area contributed by atoms with Crippen molar-refractivity contribution >= 4 is 17.3 Å². The summed E-state index contributed by atoms with van der Waals surface area (Å²) in [5.74, 6) is 0.188. The highest BCUT2D eigenvalue weighted by Gasteiger charge is 2.22. The fraction of sp³-hybridized carbons (Fsp3) is 0.360. The Bertz CT molecular complexity index is 994. The van der Waals surface area contributed by atoms with Crippen molar-refractivity contribution in [1.82, 2.24) is 9.80 Å². The van der Waals surface area contributed by atoms with Gasteiger partial charge in [0.1, 0.15) is 5.75 Å². The second kappa shape index (κ2) is 10.9. The number of allylic oxidation sites excluding steroid dienone is 1. The van der Waals surface area contributed by atoms with Gasteiger partial charge in [0.2, 0.25) is 0 Å². The van der Waals surface area contributed by atoms with E-state index in [0.29, 0.717) is 41.0 Å². The second-order valence-corrected chi connectivity index (χ2v) is 7.93. The van der Waals surface area contributed by atoms with E-state index >= 15 is 0 Å². The highest BCUT2D eigenvalue weighted by atomic mass is 16.5. The molecule has 3 rings (SSSR count). The minimum absolute atomic E-state index is 0.00616. The maximum Gasteiger partial charge on any atom is 0.253 e. The van der Waals surface area contributed by atoms with Gasteiger partial charge in [0, 0.05) is 50.6 Å². The maximum absolute atomic E-state index is 13.0. The predicted molar refractivity (Wildman–Crippen MR) is 127 cm³/mol. The Morgan fingerprint density at radius 3 is 2.53 bits per heavy atom. The Kier molecular flexibility index (Phi) is 8.03. The van der Waals surface area contributed by atoms with Crippen molar-refractivity contribution in [3.63, 3.8) is 0 Å². The number of aromatic hydroxyl groups is 1. The van der Waals surface area contributed by atoms with E-state index in [1.165, 1.54) is 0 Å². The monoisotopic (exact) mass is 436 g/mol. The van der Waals surface area contributed by atoms with Crippen LogP contribution in [0.1, 0.15) is 34.0 Å². The van der Waals surface area contributed by atoms with Gasteiger partial charge in [-0.05, 0) is 66.9 Å². The number of hydrogen-bond acceptors (Lipinski definition) is 6. The van der Waals surface area contributed by atoms with E-state index in [2.05, 4.69) is 4.90 Å². The SMILES string of the molecule is CCOCCN1CCN(C(=O)c2cccc(/C(N)=C/C(=N)c3ccc(O)c(C)c3)c2)CC1. The summed E-state index contributed by atoms with van der Waals surface area (Å²) in [6.07, 6.45) is 1.58. The van der Waals surface area contributed by atoms with E-state index in [1.54, 1.807) is 43.3 Å². The molecule has 0 bridgehead atoms. The first-order chi connectivity index (χ1) is 15.4. The molecular formula is C25H32N4O3. The van der Waals surface area contributed by atoms with Crippen molar-refractivity contribution in [2.24, 2.45) is 5.73 Å². The molecular weight excluding hydrogens is 404 g/mol. The van der Waals surface area contributed by atoms with Crippen LogP contribution in [0.15, 0.2) is 48.5 Å². The normalized spacial score (nSPS) is 15.1. The first kappa shape index (κ1) is 23.5. The number of nitrogens with zero attached hydrogens (tertiary/aromatic N) is 2. The molecule has 0 aromatic heterocycles. The fourth-order valence-corrected chi connectivity index (χ4v) is 3.67. The summed E-state index contributed by atoms with van der Waals surface area (Å²) >= 11 is 0. The Hall–Kier alpha value is -3.16. The van der Waals surface area contributed by atoms with Gasteiger partial charge in [-0.1, -0.05) is 12.1 Å². The van der Waals surface area contributed by atoms with Crippen LogP contribution in [-0.2, 0) is 4.74 Å². The number of carbonyl (C=O) groups is 1. The number of amides is 1. The Morgan fingerprint density at radius 1 is 1.12 bits per heavy atom. The quantitative estimate of drug-likeness (QED) is 0.436. The lowest BCUT2D eigenvalue weighted by atomic mass is 10.0. The van der Waals surface area contributed by atoms with Crippen LogP contribution < -0.4 is 5.73 Å². The number of benzene rings is 2. The number of hydrogen-bond donors (Lipinski definition) is 3. The number of phenols is 1. The standard InChI is InChI=1S/C25H32N4O3/c1-3-32-14-13-28-9-11-29(12-10-28)25(31)21-6-4-5-19(16-21)22(26)17-23(27)20-7-8-24(30)18(2)15-20/h4-8,15-17,27,30H,3,9-14,26H2,1-2H3/b22-17-,27-23?. The number of piperazine rings is 1. The van der Waals surface area contributed by atoms with E-state index in [1.807, 2.05) is 24.0 Å². The van der Waals surface area contributed by atoms with Crippen LogP contribution >= 0.6 is 0 Å². The molecule has 0 spiro atoms. The molecule has 2 aromatic rings. The van der Waals surface area contributed by atoms with E-state index in [4.69, 9.17) is 15.9 Å². The number of carbonyl (C=O) groups excluding carboxylic acids is 1. The lowest BCUT2D eigenvalue weighted by Crippen LogP contribution is -2.49. The minimum atomic E-state index is -0.00616. The molecule has 0 saturated carbocycles. The predicted octanol–water partition coefficient (Wildman–Crippen LogP) is 2.86. The number of ether oxygens (including phenoxy) is 1. The summed E-state index contributed by atoms with van der Waals surface area (Å²) in [5, 5.41) is 18.0. The van der Waals surface area contributed by atoms with Gasteiger partial charge < -0.3 is 25.9 Å². The first-order valence-corrected chi connectivity index (χ1v) is 10.9. The molecule has 2 aromatic carbocycles. The summed E-state index contributed by atoms with van der Waals surface area (Å²) in [5.41, 5.74) is 9.56. The molecule has 0 radical (unpaired) electrons. The molecule has 4 N–H and O–H groups in total. The van der Waals surface area contributed by atoms with E-state index in [9.17, 15) is 9.90 Å². The molecule has 1 saturated heterocycles. The Labute approximate surface area is 189 Å². The molecule has 32 heavy (non-hydrogen) atoms. The zero-order valence-electron chi connectivity index (χ0n) is 18.8. The van der Waals surface area contributed by atoms with Crippen molar-refractivity contribution in [3.8, 4) is 5.75 Å². The molecule has 1 amide bonds. The van der Waals surface area contributed by atoms with Gasteiger partial charge in [0.25, 0.3) is 5.91 Å². The number of nitrogens with two attached hydrogens (primary N) is 1. The maximum atomic E-state index is 13.0. The smallest absolute Gasteiger partial charge is 0.253 e. The zero-order chi connectivity index (χ0) is 23.1. The highest BCUT2D eigenvalue weighted by Crippen LogP contribution is 2.19. The van der Waals surface area contributed by atoms with Gasteiger partial charge in [-0.2, -0.15) is 0 Å². The summed E-state index contributed by atoms with van der Waals surface area (Å²) in [6.45, 7) is 9.15. The van der Waals surface area contributed by atoms with Gasteiger partial charge in [0.05, 0.1) is 12.3 Å². The third-order valence-corrected chi connectivity index (χ3v) is 5.67. The number of nitrogens with one attached hydrogen (secondary N) is 1. The van der Waals surface area contributed by atoms with Crippen molar-refractivity contribution in [1.29, 1.82) is 5.41 Å². The second-order valence-electron chi connectivity index (χ2n) is 7.93. The molecule has 0 aliphatic carbocycles. The highest BCUT2D eigenvalue weighted by molar-refractivity contribution is 6.10. The zero-order valence-corrected chi connectivity index (χ0v) is 18.8. The largest absolute Gasteiger partial charge is 0.508 e. The van der Waals surface area contributed by atoms with Crippen molar-refractivity contribution in [3.05, 3.63) is 70.8 Å². The van der Waals surface area contributed by atoms with E-state index in [0.717, 1.165) is 32.8 Å². The summed E-state index contributed by atoms with van der Waals surface area (Å²) in [4.78, 5) is 17.2. The summed E-state index contributed by atoms with van der Waals surface area (Å²) < 4.78 is 5.42. The van der Waals surface area contributed by atoms with Crippen LogP contribution in [0, 0.1) is 12.3 Å². The molecule has 0 atom stereocenters. The number of rotatable bonds is 8. The molecule has 1 aliphatic heterocycles. The van der Waals surface area contributed by atoms with E-state index < -0.39 is 0 Å². The first-order valence-electron chi connectivity index (χ1n) is 10.9.